The average molecular weight is 264 g/mol. The number of nitrogens with one attached hydrogen (secondary N) is 1. The Balaban J connectivity index is 2.08. The van der Waals surface area contributed by atoms with E-state index in [9.17, 15) is 5.11 Å². The largest absolute Gasteiger partial charge is 0.394 e. The van der Waals surface area contributed by atoms with Gasteiger partial charge in [0.05, 0.1) is 12.6 Å². The smallest absolute Gasteiger partial charge is 0.134 e. The second-order valence-corrected chi connectivity index (χ2v) is 5.56. The van der Waals surface area contributed by atoms with E-state index in [1.807, 2.05) is 6.07 Å². The highest BCUT2D eigenvalue weighted by atomic mass is 16.3. The van der Waals surface area contributed by atoms with Gasteiger partial charge in [0.25, 0.3) is 0 Å². The Morgan fingerprint density at radius 1 is 1.42 bits per heavy atom. The highest BCUT2D eigenvalue weighted by Crippen LogP contribution is 2.23. The molecule has 0 saturated carbocycles. The molecule has 1 saturated heterocycles. The molecule has 2 heterocycles. The summed E-state index contributed by atoms with van der Waals surface area (Å²) in [6, 6.07) is 2.18. The minimum absolute atomic E-state index is 0.193. The number of hydrogen-bond acceptors (Lipinski definition) is 5. The third kappa shape index (κ3) is 3.80. The summed E-state index contributed by atoms with van der Waals surface area (Å²) in [5.41, 5.74) is 0. The predicted octanol–water partition coefficient (Wildman–Crippen LogP) is 1.90. The average Bonchev–Trinajstić information content (AvgIpc) is 2.45. The van der Waals surface area contributed by atoms with Crippen molar-refractivity contribution in [1.29, 1.82) is 0 Å². The highest BCUT2D eigenvalue weighted by Gasteiger charge is 2.23. The van der Waals surface area contributed by atoms with E-state index in [1.54, 1.807) is 6.33 Å². The molecule has 1 unspecified atom stereocenters. The Kier molecular flexibility index (Phi) is 4.96. The standard InChI is InChI=1S/C14H24N4O/c1-11(2)8-15-13-7-14(17-10-16-13)18-6-4-3-5-12(18)9-19/h7,10-12,19H,3-6,8-9H2,1-2H3,(H,15,16,17). The summed E-state index contributed by atoms with van der Waals surface area (Å²) in [4.78, 5) is 10.8. The lowest BCUT2D eigenvalue weighted by molar-refractivity contribution is 0.239. The second kappa shape index (κ2) is 6.70. The van der Waals surface area contributed by atoms with Crippen molar-refractivity contribution < 1.29 is 5.11 Å². The van der Waals surface area contributed by atoms with Gasteiger partial charge in [0.2, 0.25) is 0 Å². The Morgan fingerprint density at radius 2 is 2.26 bits per heavy atom. The van der Waals surface area contributed by atoms with Gasteiger partial charge in [0.1, 0.15) is 18.0 Å². The molecular weight excluding hydrogens is 240 g/mol. The maximum absolute atomic E-state index is 9.47. The van der Waals surface area contributed by atoms with E-state index >= 15 is 0 Å². The van der Waals surface area contributed by atoms with E-state index in [0.717, 1.165) is 37.6 Å². The van der Waals surface area contributed by atoms with Crippen molar-refractivity contribution >= 4 is 11.6 Å². The lowest BCUT2D eigenvalue weighted by atomic mass is 10.0. The summed E-state index contributed by atoms with van der Waals surface area (Å²) < 4.78 is 0. The molecular formula is C14H24N4O. The molecule has 0 radical (unpaired) electrons. The fourth-order valence-corrected chi connectivity index (χ4v) is 2.40. The predicted molar refractivity (Wildman–Crippen MR) is 77.4 cm³/mol. The lowest BCUT2D eigenvalue weighted by Crippen LogP contribution is -2.42. The normalized spacial score (nSPS) is 19.8. The van der Waals surface area contributed by atoms with Gasteiger partial charge in [0, 0.05) is 19.2 Å². The molecule has 106 valence electrons. The summed E-state index contributed by atoms with van der Waals surface area (Å²) in [6.07, 6.45) is 4.98. The van der Waals surface area contributed by atoms with E-state index in [4.69, 9.17) is 0 Å². The first-order valence-electron chi connectivity index (χ1n) is 7.14. The summed E-state index contributed by atoms with van der Waals surface area (Å²) in [7, 11) is 0. The quantitative estimate of drug-likeness (QED) is 0.850. The van der Waals surface area contributed by atoms with Crippen LogP contribution in [0.2, 0.25) is 0 Å². The molecule has 1 fully saturated rings. The number of nitrogens with zero attached hydrogens (tertiary/aromatic N) is 3. The number of aromatic nitrogens is 2. The van der Waals surface area contributed by atoms with Crippen LogP contribution in [0, 0.1) is 5.92 Å². The topological polar surface area (TPSA) is 61.3 Å². The van der Waals surface area contributed by atoms with E-state index < -0.39 is 0 Å². The van der Waals surface area contributed by atoms with Gasteiger partial charge in [-0.1, -0.05) is 13.8 Å². The fourth-order valence-electron chi connectivity index (χ4n) is 2.40. The van der Waals surface area contributed by atoms with Gasteiger partial charge in [-0.05, 0) is 25.2 Å². The minimum Gasteiger partial charge on any atom is -0.394 e. The Hall–Kier alpha value is -1.36. The maximum atomic E-state index is 9.47. The highest BCUT2D eigenvalue weighted by molar-refractivity contribution is 5.49. The van der Waals surface area contributed by atoms with Crippen LogP contribution in [0.3, 0.4) is 0 Å². The van der Waals surface area contributed by atoms with Crippen molar-refractivity contribution in [3.8, 4) is 0 Å². The molecule has 19 heavy (non-hydrogen) atoms. The van der Waals surface area contributed by atoms with E-state index in [-0.39, 0.29) is 12.6 Å². The molecule has 1 aliphatic rings. The number of aliphatic hydroxyl groups excluding tert-OH is 1. The van der Waals surface area contributed by atoms with Crippen LogP contribution >= 0.6 is 0 Å². The molecule has 5 heteroatoms. The zero-order valence-corrected chi connectivity index (χ0v) is 11.8. The van der Waals surface area contributed by atoms with E-state index in [2.05, 4.69) is 34.0 Å². The van der Waals surface area contributed by atoms with Crippen molar-refractivity contribution in [2.75, 3.05) is 29.9 Å². The molecule has 2 rings (SSSR count). The number of rotatable bonds is 5. The molecule has 1 aromatic rings. The van der Waals surface area contributed by atoms with Crippen molar-refractivity contribution in [2.45, 2.75) is 39.2 Å². The van der Waals surface area contributed by atoms with Crippen molar-refractivity contribution in [1.82, 2.24) is 9.97 Å². The molecule has 0 aromatic carbocycles. The molecule has 1 atom stereocenters. The first-order valence-corrected chi connectivity index (χ1v) is 7.14. The molecule has 1 aliphatic heterocycles. The van der Waals surface area contributed by atoms with Crippen LogP contribution < -0.4 is 10.2 Å². The Bertz CT molecular complexity index is 397. The van der Waals surface area contributed by atoms with Crippen molar-refractivity contribution in [2.24, 2.45) is 5.92 Å². The minimum atomic E-state index is 0.193. The van der Waals surface area contributed by atoms with Crippen molar-refractivity contribution in [3.05, 3.63) is 12.4 Å². The van der Waals surface area contributed by atoms with Crippen LogP contribution in [0.4, 0.5) is 11.6 Å². The molecule has 5 nitrogen and oxygen atoms in total. The molecule has 0 spiro atoms. The lowest BCUT2D eigenvalue weighted by Gasteiger charge is -2.35. The number of piperidine rings is 1. The van der Waals surface area contributed by atoms with Crippen LogP contribution in [-0.4, -0.2) is 40.8 Å². The Labute approximate surface area is 115 Å². The van der Waals surface area contributed by atoms with E-state index in [0.29, 0.717) is 5.92 Å². The van der Waals surface area contributed by atoms with Crippen LogP contribution in [0.5, 0.6) is 0 Å². The summed E-state index contributed by atoms with van der Waals surface area (Å²) >= 11 is 0. The van der Waals surface area contributed by atoms with Crippen LogP contribution in [0.25, 0.3) is 0 Å². The summed E-state index contributed by atoms with van der Waals surface area (Å²) in [5.74, 6) is 2.36. The summed E-state index contributed by atoms with van der Waals surface area (Å²) in [5, 5.41) is 12.8. The number of aliphatic hydroxyl groups is 1. The molecule has 0 aliphatic carbocycles. The molecule has 0 amide bonds. The van der Waals surface area contributed by atoms with Gasteiger partial charge >= 0.3 is 0 Å². The first kappa shape index (κ1) is 14.1. The first-order chi connectivity index (χ1) is 9.20. The van der Waals surface area contributed by atoms with E-state index in [1.165, 1.54) is 6.42 Å². The van der Waals surface area contributed by atoms with Crippen LogP contribution in [-0.2, 0) is 0 Å². The third-order valence-electron chi connectivity index (χ3n) is 3.48. The van der Waals surface area contributed by atoms with Crippen molar-refractivity contribution in [3.63, 3.8) is 0 Å². The van der Waals surface area contributed by atoms with Crippen LogP contribution in [0.1, 0.15) is 33.1 Å². The van der Waals surface area contributed by atoms with Gasteiger partial charge in [-0.25, -0.2) is 9.97 Å². The van der Waals surface area contributed by atoms with Crippen LogP contribution in [0.15, 0.2) is 12.4 Å². The van der Waals surface area contributed by atoms with Gasteiger partial charge in [-0.3, -0.25) is 0 Å². The zero-order chi connectivity index (χ0) is 13.7. The van der Waals surface area contributed by atoms with Gasteiger partial charge in [-0.15, -0.1) is 0 Å². The fraction of sp³-hybridized carbons (Fsp3) is 0.714. The number of hydrogen-bond donors (Lipinski definition) is 2. The second-order valence-electron chi connectivity index (χ2n) is 5.56. The monoisotopic (exact) mass is 264 g/mol. The molecule has 1 aromatic heterocycles. The third-order valence-corrected chi connectivity index (χ3v) is 3.48. The van der Waals surface area contributed by atoms with Gasteiger partial charge in [-0.2, -0.15) is 0 Å². The number of anilines is 2. The molecule has 0 bridgehead atoms. The maximum Gasteiger partial charge on any atom is 0.134 e. The zero-order valence-electron chi connectivity index (χ0n) is 11.8. The van der Waals surface area contributed by atoms with Gasteiger partial charge < -0.3 is 15.3 Å². The van der Waals surface area contributed by atoms with Gasteiger partial charge in [0.15, 0.2) is 0 Å². The Morgan fingerprint density at radius 3 is 3.00 bits per heavy atom. The molecule has 2 N–H and O–H groups in total. The SMILES string of the molecule is CC(C)CNc1cc(N2CCCCC2CO)ncn1. The summed E-state index contributed by atoms with van der Waals surface area (Å²) in [6.45, 7) is 6.40.